The zero-order chi connectivity index (χ0) is 14.8. The number of ether oxygens (including phenoxy) is 1. The van der Waals surface area contributed by atoms with Gasteiger partial charge in [-0.15, -0.1) is 0 Å². The van der Waals surface area contributed by atoms with Gasteiger partial charge in [-0.05, 0) is 24.3 Å². The van der Waals surface area contributed by atoms with Gasteiger partial charge >= 0.3 is 0 Å². The van der Waals surface area contributed by atoms with Crippen LogP contribution in [0.5, 0.6) is 0 Å². The summed E-state index contributed by atoms with van der Waals surface area (Å²) in [6.45, 7) is 2.97. The van der Waals surface area contributed by atoms with E-state index in [0.29, 0.717) is 27.5 Å². The molecule has 0 bridgehead atoms. The summed E-state index contributed by atoms with van der Waals surface area (Å²) in [4.78, 5) is 16.8. The second kappa shape index (κ2) is 6.36. The van der Waals surface area contributed by atoms with Crippen LogP contribution in [0.2, 0.25) is 5.02 Å². The van der Waals surface area contributed by atoms with Crippen molar-refractivity contribution in [3.8, 4) is 0 Å². The third-order valence-corrected chi connectivity index (χ3v) is 4.77. The molecule has 21 heavy (non-hydrogen) atoms. The Morgan fingerprint density at radius 2 is 1.90 bits per heavy atom. The molecule has 2 aliphatic heterocycles. The number of morpholine rings is 1. The van der Waals surface area contributed by atoms with E-state index < -0.39 is 0 Å². The van der Waals surface area contributed by atoms with Crippen LogP contribution in [0.15, 0.2) is 35.4 Å². The van der Waals surface area contributed by atoms with E-state index in [-0.39, 0.29) is 5.91 Å². The molecule has 110 valence electrons. The average molecular weight is 341 g/mol. The zero-order valence-corrected chi connectivity index (χ0v) is 13.5. The molecule has 2 aliphatic rings. The van der Waals surface area contributed by atoms with Crippen molar-refractivity contribution in [2.24, 2.45) is 0 Å². The zero-order valence-electron chi connectivity index (χ0n) is 11.1. The van der Waals surface area contributed by atoms with Crippen LogP contribution in [-0.4, -0.2) is 41.4 Å². The van der Waals surface area contributed by atoms with Crippen molar-refractivity contribution in [1.29, 1.82) is 0 Å². The van der Waals surface area contributed by atoms with Gasteiger partial charge in [0, 0.05) is 24.3 Å². The highest BCUT2D eigenvalue weighted by Gasteiger charge is 2.33. The van der Waals surface area contributed by atoms with Crippen LogP contribution in [0.3, 0.4) is 0 Å². The Bertz CT molecular complexity index is 597. The van der Waals surface area contributed by atoms with Crippen molar-refractivity contribution in [1.82, 2.24) is 4.90 Å². The van der Waals surface area contributed by atoms with E-state index >= 15 is 0 Å². The number of carbonyl (C=O) groups excluding carboxylic acids is 1. The summed E-state index contributed by atoms with van der Waals surface area (Å²) in [6, 6.07) is 7.10. The number of thioether (sulfide) groups is 1. The van der Waals surface area contributed by atoms with Crippen molar-refractivity contribution in [3.63, 3.8) is 0 Å². The first-order valence-corrected chi connectivity index (χ1v) is 8.11. The van der Waals surface area contributed by atoms with Crippen molar-refractivity contribution in [3.05, 3.63) is 40.4 Å². The number of anilines is 1. The van der Waals surface area contributed by atoms with E-state index in [1.54, 1.807) is 29.2 Å². The maximum atomic E-state index is 12.5. The first-order valence-electron chi connectivity index (χ1n) is 6.50. The SMILES string of the molecule is O=C1C(=CN2CCOCC2)SC(=S)N1c1ccc(Cl)cc1. The third-order valence-electron chi connectivity index (χ3n) is 3.22. The molecule has 0 unspecified atom stereocenters. The highest BCUT2D eigenvalue weighted by Crippen LogP contribution is 2.35. The quantitative estimate of drug-likeness (QED) is 0.610. The molecule has 3 rings (SSSR count). The molecule has 0 spiro atoms. The fourth-order valence-electron chi connectivity index (χ4n) is 2.14. The maximum absolute atomic E-state index is 12.5. The Hall–Kier alpha value is -1.08. The second-order valence-corrected chi connectivity index (χ2v) is 6.74. The number of nitrogens with zero attached hydrogens (tertiary/aromatic N) is 2. The summed E-state index contributed by atoms with van der Waals surface area (Å²) in [5, 5.41) is 0.632. The Balaban J connectivity index is 1.81. The molecule has 0 aromatic heterocycles. The molecular weight excluding hydrogens is 328 g/mol. The number of hydrogen-bond donors (Lipinski definition) is 0. The van der Waals surface area contributed by atoms with Crippen molar-refractivity contribution in [2.45, 2.75) is 0 Å². The molecule has 1 aromatic carbocycles. The van der Waals surface area contributed by atoms with E-state index in [2.05, 4.69) is 4.90 Å². The molecule has 0 saturated carbocycles. The van der Waals surface area contributed by atoms with E-state index in [4.69, 9.17) is 28.6 Å². The normalized spacial score (nSPS) is 21.5. The van der Waals surface area contributed by atoms with Crippen LogP contribution in [0.1, 0.15) is 0 Å². The fraction of sp³-hybridized carbons (Fsp3) is 0.286. The lowest BCUT2D eigenvalue weighted by atomic mass is 10.3. The first-order chi connectivity index (χ1) is 10.1. The van der Waals surface area contributed by atoms with Crippen molar-refractivity contribution in [2.75, 3.05) is 31.2 Å². The minimum atomic E-state index is -0.0844. The van der Waals surface area contributed by atoms with Gasteiger partial charge in [0.25, 0.3) is 5.91 Å². The van der Waals surface area contributed by atoms with Gasteiger partial charge in [0.15, 0.2) is 4.32 Å². The molecule has 2 heterocycles. The van der Waals surface area contributed by atoms with Gasteiger partial charge in [-0.2, -0.15) is 0 Å². The molecule has 0 atom stereocenters. The lowest BCUT2D eigenvalue weighted by Crippen LogP contribution is -2.33. The second-order valence-electron chi connectivity index (χ2n) is 4.63. The monoisotopic (exact) mass is 340 g/mol. The van der Waals surface area contributed by atoms with Gasteiger partial charge in [-0.1, -0.05) is 35.6 Å². The Labute approximate surface area is 137 Å². The number of hydrogen-bond acceptors (Lipinski definition) is 5. The van der Waals surface area contributed by atoms with Gasteiger partial charge in [0.05, 0.1) is 23.8 Å². The van der Waals surface area contributed by atoms with Gasteiger partial charge in [-0.3, -0.25) is 9.69 Å². The van der Waals surface area contributed by atoms with Crippen LogP contribution >= 0.6 is 35.6 Å². The summed E-state index contributed by atoms with van der Waals surface area (Å²) in [7, 11) is 0. The van der Waals surface area contributed by atoms with E-state index in [0.717, 1.165) is 18.8 Å². The molecule has 0 radical (unpaired) electrons. The summed E-state index contributed by atoms with van der Waals surface area (Å²) < 4.78 is 5.85. The molecule has 0 aliphatic carbocycles. The van der Waals surface area contributed by atoms with Gasteiger partial charge in [0.2, 0.25) is 0 Å². The predicted molar refractivity (Wildman–Crippen MR) is 89.6 cm³/mol. The van der Waals surface area contributed by atoms with Crippen LogP contribution < -0.4 is 4.90 Å². The highest BCUT2D eigenvalue weighted by atomic mass is 35.5. The average Bonchev–Trinajstić information content (AvgIpc) is 2.76. The maximum Gasteiger partial charge on any atom is 0.272 e. The largest absolute Gasteiger partial charge is 0.378 e. The van der Waals surface area contributed by atoms with Crippen LogP contribution in [-0.2, 0) is 9.53 Å². The van der Waals surface area contributed by atoms with E-state index in [1.807, 2.05) is 6.20 Å². The number of carbonyl (C=O) groups is 1. The van der Waals surface area contributed by atoms with E-state index in [1.165, 1.54) is 11.8 Å². The number of amides is 1. The standard InChI is InChI=1S/C14H13ClN2O2S2/c15-10-1-3-11(4-2-10)17-13(18)12(21-14(17)20)9-16-5-7-19-8-6-16/h1-4,9H,5-8H2. The predicted octanol–water partition coefficient (Wildman–Crippen LogP) is 2.88. The topological polar surface area (TPSA) is 32.8 Å². The number of thiocarbonyl (C=S) groups is 1. The number of halogens is 1. The highest BCUT2D eigenvalue weighted by molar-refractivity contribution is 8.27. The number of rotatable bonds is 2. The molecule has 2 fully saturated rings. The van der Waals surface area contributed by atoms with Crippen molar-refractivity contribution < 1.29 is 9.53 Å². The summed E-state index contributed by atoms with van der Waals surface area (Å²) >= 11 is 12.5. The Kier molecular flexibility index (Phi) is 4.49. The molecular formula is C14H13ClN2O2S2. The molecule has 2 saturated heterocycles. The summed E-state index contributed by atoms with van der Waals surface area (Å²) in [6.07, 6.45) is 1.89. The van der Waals surface area contributed by atoms with Gasteiger partial charge in [0.1, 0.15) is 0 Å². The fourth-order valence-corrected chi connectivity index (χ4v) is 3.58. The first kappa shape index (κ1) is 14.8. The lowest BCUT2D eigenvalue weighted by Gasteiger charge is -2.25. The van der Waals surface area contributed by atoms with Crippen LogP contribution in [0, 0.1) is 0 Å². The number of benzene rings is 1. The molecule has 4 nitrogen and oxygen atoms in total. The minimum Gasteiger partial charge on any atom is -0.378 e. The molecule has 7 heteroatoms. The smallest absolute Gasteiger partial charge is 0.272 e. The third kappa shape index (κ3) is 3.23. The Morgan fingerprint density at radius 3 is 2.57 bits per heavy atom. The summed E-state index contributed by atoms with van der Waals surface area (Å²) in [5.74, 6) is -0.0844. The van der Waals surface area contributed by atoms with E-state index in [9.17, 15) is 4.79 Å². The molecule has 0 N–H and O–H groups in total. The lowest BCUT2D eigenvalue weighted by molar-refractivity contribution is -0.113. The minimum absolute atomic E-state index is 0.0844. The van der Waals surface area contributed by atoms with Gasteiger partial charge < -0.3 is 9.64 Å². The molecule has 1 amide bonds. The Morgan fingerprint density at radius 1 is 1.24 bits per heavy atom. The molecule has 1 aromatic rings. The summed E-state index contributed by atoms with van der Waals surface area (Å²) in [5.41, 5.74) is 0.743. The van der Waals surface area contributed by atoms with Crippen molar-refractivity contribution >= 4 is 51.5 Å². The van der Waals surface area contributed by atoms with Crippen LogP contribution in [0.4, 0.5) is 5.69 Å². The van der Waals surface area contributed by atoms with Crippen LogP contribution in [0.25, 0.3) is 0 Å². The van der Waals surface area contributed by atoms with Gasteiger partial charge in [-0.25, -0.2) is 0 Å².